The van der Waals surface area contributed by atoms with Gasteiger partial charge in [0.05, 0.1) is 18.2 Å². The highest BCUT2D eigenvalue weighted by Crippen LogP contribution is 2.21. The van der Waals surface area contributed by atoms with Crippen molar-refractivity contribution in [1.82, 2.24) is 9.80 Å². The number of hydrogen-bond acceptors (Lipinski definition) is 4. The summed E-state index contributed by atoms with van der Waals surface area (Å²) in [5, 5.41) is 9.83. The number of hydrogen-bond donors (Lipinski definition) is 1. The Morgan fingerprint density at radius 2 is 1.76 bits per heavy atom. The maximum atomic E-state index is 12.2. The average molecular weight is 354 g/mol. The van der Waals surface area contributed by atoms with Crippen LogP contribution in [-0.2, 0) is 0 Å². The van der Waals surface area contributed by atoms with E-state index < -0.39 is 0 Å². The summed E-state index contributed by atoms with van der Waals surface area (Å²) in [6.07, 6.45) is 0. The van der Waals surface area contributed by atoms with Gasteiger partial charge in [0, 0.05) is 43.3 Å². The van der Waals surface area contributed by atoms with Crippen molar-refractivity contribution < 1.29 is 9.90 Å². The van der Waals surface area contributed by atoms with Crippen molar-refractivity contribution >= 4 is 41.4 Å². The molecule has 0 saturated carbocycles. The fourth-order valence-electron chi connectivity index (χ4n) is 2.32. The first-order valence-corrected chi connectivity index (χ1v) is 7.39. The lowest BCUT2D eigenvalue weighted by Gasteiger charge is -2.33. The van der Waals surface area contributed by atoms with Crippen LogP contribution >= 0.6 is 35.6 Å². The number of Topliss-reactive ketones (excluding diaryl/α,β-unsaturated/α-hetero) is 1. The highest BCUT2D eigenvalue weighted by molar-refractivity contribution is 6.36. The predicted octanol–water partition coefficient (Wildman–Crippen LogP) is 2.21. The summed E-state index contributed by atoms with van der Waals surface area (Å²) in [4.78, 5) is 16.5. The zero-order chi connectivity index (χ0) is 14.5. The highest BCUT2D eigenvalue weighted by atomic mass is 35.5. The molecule has 1 N–H and O–H groups in total. The van der Waals surface area contributed by atoms with E-state index in [1.807, 2.05) is 0 Å². The molecule has 0 radical (unpaired) electrons. The smallest absolute Gasteiger partial charge is 0.178 e. The lowest BCUT2D eigenvalue weighted by Crippen LogP contribution is -2.48. The number of halogens is 3. The zero-order valence-corrected chi connectivity index (χ0v) is 13.9. The lowest BCUT2D eigenvalue weighted by molar-refractivity contribution is 0.0823. The van der Waals surface area contributed by atoms with Crippen molar-refractivity contribution in [1.29, 1.82) is 0 Å². The van der Waals surface area contributed by atoms with Gasteiger partial charge in [0.2, 0.25) is 0 Å². The van der Waals surface area contributed by atoms with Crippen LogP contribution in [0.4, 0.5) is 0 Å². The van der Waals surface area contributed by atoms with E-state index in [1.165, 1.54) is 0 Å². The van der Waals surface area contributed by atoms with E-state index >= 15 is 0 Å². The lowest BCUT2D eigenvalue weighted by atomic mass is 10.1. The minimum absolute atomic E-state index is 0. The van der Waals surface area contributed by atoms with Gasteiger partial charge in [0.1, 0.15) is 0 Å². The molecule has 1 aliphatic heterocycles. The maximum Gasteiger partial charge on any atom is 0.178 e. The third-order valence-electron chi connectivity index (χ3n) is 3.48. The Hall–Kier alpha value is -0.360. The average Bonchev–Trinajstić information content (AvgIpc) is 2.41. The molecule has 118 valence electrons. The third kappa shape index (κ3) is 5.40. The largest absolute Gasteiger partial charge is 0.395 e. The number of aliphatic hydroxyl groups excluding tert-OH is 1. The fourth-order valence-corrected chi connectivity index (χ4v) is 2.83. The number of nitrogens with zero attached hydrogens (tertiary/aromatic N) is 2. The number of piperazine rings is 1. The SMILES string of the molecule is Cl.O=C(CN1CCN(CCO)CC1)c1ccc(Cl)cc1Cl. The Bertz CT molecular complexity index is 477. The van der Waals surface area contributed by atoms with Crippen LogP contribution in [0.3, 0.4) is 0 Å². The van der Waals surface area contributed by atoms with Gasteiger partial charge in [-0.1, -0.05) is 23.2 Å². The van der Waals surface area contributed by atoms with Crippen molar-refractivity contribution in [3.05, 3.63) is 33.8 Å². The standard InChI is InChI=1S/C14H18Cl2N2O2.ClH/c15-11-1-2-12(13(16)9-11)14(20)10-18-5-3-17(4-6-18)7-8-19;/h1-2,9,19H,3-8,10H2;1H. The molecule has 1 aromatic carbocycles. The van der Waals surface area contributed by atoms with E-state index in [4.69, 9.17) is 28.3 Å². The Morgan fingerprint density at radius 1 is 1.14 bits per heavy atom. The minimum Gasteiger partial charge on any atom is -0.395 e. The van der Waals surface area contributed by atoms with Crippen LogP contribution in [0.25, 0.3) is 0 Å². The first kappa shape index (κ1) is 18.7. The molecule has 0 unspecified atom stereocenters. The Kier molecular flexibility index (Phi) is 7.95. The van der Waals surface area contributed by atoms with E-state index in [1.54, 1.807) is 18.2 Å². The summed E-state index contributed by atoms with van der Waals surface area (Å²) in [6, 6.07) is 4.95. The third-order valence-corrected chi connectivity index (χ3v) is 4.03. The van der Waals surface area contributed by atoms with Crippen molar-refractivity contribution in [2.75, 3.05) is 45.9 Å². The molecular formula is C14H19Cl3N2O2. The molecule has 0 aromatic heterocycles. The van der Waals surface area contributed by atoms with Gasteiger partial charge < -0.3 is 5.11 Å². The number of benzene rings is 1. The van der Waals surface area contributed by atoms with Gasteiger partial charge in [0.25, 0.3) is 0 Å². The topological polar surface area (TPSA) is 43.8 Å². The van der Waals surface area contributed by atoms with Crippen molar-refractivity contribution in [2.45, 2.75) is 0 Å². The molecule has 21 heavy (non-hydrogen) atoms. The molecule has 0 bridgehead atoms. The van der Waals surface area contributed by atoms with Crippen LogP contribution in [0.1, 0.15) is 10.4 Å². The second kappa shape index (κ2) is 8.93. The van der Waals surface area contributed by atoms with Gasteiger partial charge in [-0.2, -0.15) is 0 Å². The van der Waals surface area contributed by atoms with Crippen LogP contribution in [0, 0.1) is 0 Å². The molecule has 4 nitrogen and oxygen atoms in total. The molecular weight excluding hydrogens is 335 g/mol. The molecule has 2 rings (SSSR count). The summed E-state index contributed by atoms with van der Waals surface area (Å²) in [7, 11) is 0. The van der Waals surface area contributed by atoms with Crippen LogP contribution < -0.4 is 0 Å². The minimum atomic E-state index is 0. The first-order chi connectivity index (χ1) is 9.60. The van der Waals surface area contributed by atoms with E-state index in [9.17, 15) is 4.79 Å². The monoisotopic (exact) mass is 352 g/mol. The molecule has 1 saturated heterocycles. The number of rotatable bonds is 5. The van der Waals surface area contributed by atoms with Crippen LogP contribution in [0.15, 0.2) is 18.2 Å². The molecule has 0 atom stereocenters. The van der Waals surface area contributed by atoms with Gasteiger partial charge in [-0.15, -0.1) is 12.4 Å². The Morgan fingerprint density at radius 3 is 2.33 bits per heavy atom. The zero-order valence-electron chi connectivity index (χ0n) is 11.6. The predicted molar refractivity (Wildman–Crippen MR) is 88.0 cm³/mol. The molecule has 1 fully saturated rings. The van der Waals surface area contributed by atoms with Crippen molar-refractivity contribution in [3.8, 4) is 0 Å². The second-order valence-corrected chi connectivity index (χ2v) is 5.73. The van der Waals surface area contributed by atoms with Gasteiger partial charge in [-0.05, 0) is 18.2 Å². The van der Waals surface area contributed by atoms with E-state index in [2.05, 4.69) is 9.80 Å². The molecule has 1 heterocycles. The molecule has 0 amide bonds. The van der Waals surface area contributed by atoms with Gasteiger partial charge in [-0.25, -0.2) is 0 Å². The number of carbonyl (C=O) groups is 1. The first-order valence-electron chi connectivity index (χ1n) is 6.64. The van der Waals surface area contributed by atoms with Crippen LogP contribution in [-0.4, -0.2) is 66.6 Å². The number of ketones is 1. The molecule has 1 aliphatic rings. The number of aliphatic hydroxyl groups is 1. The Labute approximate surface area is 141 Å². The highest BCUT2D eigenvalue weighted by Gasteiger charge is 2.20. The van der Waals surface area contributed by atoms with Gasteiger partial charge in [0.15, 0.2) is 5.78 Å². The van der Waals surface area contributed by atoms with Crippen molar-refractivity contribution in [3.63, 3.8) is 0 Å². The quantitative estimate of drug-likeness (QED) is 0.824. The van der Waals surface area contributed by atoms with E-state index in [-0.39, 0.29) is 24.8 Å². The maximum absolute atomic E-state index is 12.2. The van der Waals surface area contributed by atoms with Crippen LogP contribution in [0.2, 0.25) is 10.0 Å². The normalized spacial score (nSPS) is 16.5. The summed E-state index contributed by atoms with van der Waals surface area (Å²) in [6.45, 7) is 4.66. The fraction of sp³-hybridized carbons (Fsp3) is 0.500. The number of β-amino-alcohol motifs (C(OH)–C–C–N with tert-alkyl or cyclic N) is 1. The second-order valence-electron chi connectivity index (χ2n) is 4.89. The molecule has 1 aromatic rings. The van der Waals surface area contributed by atoms with E-state index in [0.717, 1.165) is 26.2 Å². The van der Waals surface area contributed by atoms with Gasteiger partial charge >= 0.3 is 0 Å². The number of carbonyl (C=O) groups excluding carboxylic acids is 1. The van der Waals surface area contributed by atoms with Gasteiger partial charge in [-0.3, -0.25) is 14.6 Å². The summed E-state index contributed by atoms with van der Waals surface area (Å²) >= 11 is 11.9. The molecule has 0 aliphatic carbocycles. The van der Waals surface area contributed by atoms with Crippen LogP contribution in [0.5, 0.6) is 0 Å². The Balaban J connectivity index is 0.00000220. The summed E-state index contributed by atoms with van der Waals surface area (Å²) in [5.41, 5.74) is 0.522. The van der Waals surface area contributed by atoms with E-state index in [0.29, 0.717) is 28.7 Å². The summed E-state index contributed by atoms with van der Waals surface area (Å²) in [5.74, 6) is 0.0160. The summed E-state index contributed by atoms with van der Waals surface area (Å²) < 4.78 is 0. The molecule has 0 spiro atoms. The molecule has 7 heteroatoms. The van der Waals surface area contributed by atoms with Crippen molar-refractivity contribution in [2.24, 2.45) is 0 Å².